The zero-order chi connectivity index (χ0) is 24.4. The molecule has 1 saturated carbocycles. The van der Waals surface area contributed by atoms with E-state index in [1.807, 2.05) is 0 Å². The molecular weight excluding hydrogens is 457 g/mol. The molecule has 2 N–H and O–H groups in total. The number of carbonyl (C=O) groups excluding carboxylic acids is 1. The molecule has 1 aromatic carbocycles. The molecule has 3 rings (SSSR count). The van der Waals surface area contributed by atoms with Gasteiger partial charge < -0.3 is 19.9 Å². The molecule has 1 aliphatic carbocycles. The molecule has 0 radical (unpaired) electrons. The van der Waals surface area contributed by atoms with Gasteiger partial charge in [0.25, 0.3) is 11.5 Å². The minimum atomic E-state index is -3.76. The lowest BCUT2D eigenvalue weighted by Crippen LogP contribution is -2.44. The first-order chi connectivity index (χ1) is 15.5. The van der Waals surface area contributed by atoms with Crippen LogP contribution in [0.5, 0.6) is 5.75 Å². The van der Waals surface area contributed by atoms with Crippen molar-refractivity contribution in [2.45, 2.75) is 36.3 Å². The molecule has 10 nitrogen and oxygen atoms in total. The molecule has 12 heteroatoms. The molecule has 180 valence electrons. The first kappa shape index (κ1) is 24.8. The molecule has 2 aromatic rings. The van der Waals surface area contributed by atoms with Crippen LogP contribution < -0.4 is 10.9 Å². The third kappa shape index (κ3) is 5.07. The Bertz CT molecular complexity index is 1220. The van der Waals surface area contributed by atoms with Crippen molar-refractivity contribution in [1.82, 2.24) is 14.9 Å². The number of amides is 1. The standard InChI is InChI=1S/C21H26FN3O7S/c1-25-19(28)17(26)16(24-20(25)21(7-4-8-21)32-10-9-31-2)18(27)23-12-13-5-6-14(22)11-15(13)33(3,29)30/h5-6,11,26H,4,7-10,12H2,1-3H3,(H,23,27). The van der Waals surface area contributed by atoms with Crippen molar-refractivity contribution in [3.8, 4) is 5.75 Å². The van der Waals surface area contributed by atoms with Crippen LogP contribution in [0.4, 0.5) is 4.39 Å². The highest BCUT2D eigenvalue weighted by molar-refractivity contribution is 7.90. The van der Waals surface area contributed by atoms with E-state index in [2.05, 4.69) is 10.3 Å². The van der Waals surface area contributed by atoms with Gasteiger partial charge in [0.2, 0.25) is 5.75 Å². The van der Waals surface area contributed by atoms with E-state index in [0.717, 1.165) is 29.4 Å². The number of rotatable bonds is 9. The van der Waals surface area contributed by atoms with Crippen LogP contribution in [0.2, 0.25) is 0 Å². The number of nitrogens with one attached hydrogen (secondary N) is 1. The van der Waals surface area contributed by atoms with Gasteiger partial charge in [-0.25, -0.2) is 17.8 Å². The molecule has 1 fully saturated rings. The lowest BCUT2D eigenvalue weighted by atomic mass is 9.79. The van der Waals surface area contributed by atoms with Crippen LogP contribution in [0.15, 0.2) is 27.9 Å². The lowest BCUT2D eigenvalue weighted by Gasteiger charge is -2.41. The normalized spacial score (nSPS) is 15.2. The second kappa shape index (κ2) is 9.57. The van der Waals surface area contributed by atoms with E-state index in [0.29, 0.717) is 19.4 Å². The topological polar surface area (TPSA) is 137 Å². The van der Waals surface area contributed by atoms with E-state index in [1.165, 1.54) is 20.2 Å². The van der Waals surface area contributed by atoms with Crippen LogP contribution in [0.3, 0.4) is 0 Å². The quantitative estimate of drug-likeness (QED) is 0.504. The number of carbonyl (C=O) groups is 1. The number of hydrogen-bond acceptors (Lipinski definition) is 8. The Morgan fingerprint density at radius 2 is 2.03 bits per heavy atom. The van der Waals surface area contributed by atoms with E-state index >= 15 is 0 Å². The number of benzene rings is 1. The number of ether oxygens (including phenoxy) is 2. The number of hydrogen-bond donors (Lipinski definition) is 2. The molecule has 0 atom stereocenters. The van der Waals surface area contributed by atoms with E-state index in [9.17, 15) is 27.5 Å². The third-order valence-corrected chi connectivity index (χ3v) is 6.76. The van der Waals surface area contributed by atoms with Gasteiger partial charge in [0.05, 0.1) is 18.1 Å². The Balaban J connectivity index is 1.91. The summed E-state index contributed by atoms with van der Waals surface area (Å²) in [6.07, 6.45) is 2.92. The predicted octanol–water partition coefficient (Wildman–Crippen LogP) is 1.00. The first-order valence-corrected chi connectivity index (χ1v) is 12.1. The van der Waals surface area contributed by atoms with Crippen molar-refractivity contribution in [1.29, 1.82) is 0 Å². The minimum absolute atomic E-state index is 0.147. The predicted molar refractivity (Wildman–Crippen MR) is 115 cm³/mol. The molecule has 33 heavy (non-hydrogen) atoms. The summed E-state index contributed by atoms with van der Waals surface area (Å²) in [6.45, 7) is 0.303. The van der Waals surface area contributed by atoms with Gasteiger partial charge in [0.1, 0.15) is 17.2 Å². The fourth-order valence-corrected chi connectivity index (χ4v) is 4.63. The van der Waals surface area contributed by atoms with Gasteiger partial charge >= 0.3 is 0 Å². The Hall–Kier alpha value is -2.83. The van der Waals surface area contributed by atoms with Gasteiger partial charge in [0, 0.05) is 27.0 Å². The highest BCUT2D eigenvalue weighted by Crippen LogP contribution is 2.43. The summed E-state index contributed by atoms with van der Waals surface area (Å²) in [4.78, 5) is 29.4. The summed E-state index contributed by atoms with van der Waals surface area (Å²) in [7, 11) is -0.793. The molecule has 0 spiro atoms. The average molecular weight is 484 g/mol. The molecular formula is C21H26FN3O7S. The highest BCUT2D eigenvalue weighted by Gasteiger charge is 2.44. The van der Waals surface area contributed by atoms with Crippen molar-refractivity contribution in [3.05, 3.63) is 51.5 Å². The molecule has 0 saturated heterocycles. The number of aromatic hydroxyl groups is 1. The van der Waals surface area contributed by atoms with Crippen LogP contribution in [-0.2, 0) is 38.5 Å². The zero-order valence-corrected chi connectivity index (χ0v) is 19.4. The number of aromatic nitrogens is 2. The smallest absolute Gasteiger partial charge is 0.296 e. The van der Waals surface area contributed by atoms with Gasteiger partial charge in [-0.3, -0.25) is 14.2 Å². The van der Waals surface area contributed by atoms with Gasteiger partial charge in [-0.05, 0) is 37.0 Å². The zero-order valence-electron chi connectivity index (χ0n) is 18.6. The number of sulfone groups is 1. The van der Waals surface area contributed by atoms with Crippen LogP contribution in [0, 0.1) is 5.82 Å². The minimum Gasteiger partial charge on any atom is -0.501 e. The largest absolute Gasteiger partial charge is 0.501 e. The van der Waals surface area contributed by atoms with Crippen molar-refractivity contribution < 1.29 is 32.2 Å². The lowest BCUT2D eigenvalue weighted by molar-refractivity contribution is -0.125. The monoisotopic (exact) mass is 483 g/mol. The van der Waals surface area contributed by atoms with Gasteiger partial charge in [-0.1, -0.05) is 6.07 Å². The van der Waals surface area contributed by atoms with Crippen LogP contribution in [0.25, 0.3) is 0 Å². The van der Waals surface area contributed by atoms with Crippen LogP contribution in [0.1, 0.15) is 41.1 Å². The summed E-state index contributed by atoms with van der Waals surface area (Å²) >= 11 is 0. The second-order valence-electron chi connectivity index (χ2n) is 7.89. The maximum atomic E-state index is 13.5. The summed E-state index contributed by atoms with van der Waals surface area (Å²) < 4.78 is 49.5. The van der Waals surface area contributed by atoms with E-state index in [4.69, 9.17) is 9.47 Å². The Morgan fingerprint density at radius 1 is 1.33 bits per heavy atom. The highest BCUT2D eigenvalue weighted by atomic mass is 32.2. The fourth-order valence-electron chi connectivity index (χ4n) is 3.69. The maximum absolute atomic E-state index is 13.5. The van der Waals surface area contributed by atoms with Crippen LogP contribution >= 0.6 is 0 Å². The third-order valence-electron chi connectivity index (χ3n) is 5.58. The SMILES string of the molecule is COCCOC1(c2nc(C(=O)NCc3ccc(F)cc3S(C)(=O)=O)c(O)c(=O)n2C)CCC1. The van der Waals surface area contributed by atoms with Crippen molar-refractivity contribution >= 4 is 15.7 Å². The second-order valence-corrected chi connectivity index (χ2v) is 9.88. The number of methoxy groups -OCH3 is 1. The van der Waals surface area contributed by atoms with Crippen molar-refractivity contribution in [2.24, 2.45) is 7.05 Å². The number of nitrogens with zero attached hydrogens (tertiary/aromatic N) is 2. The molecule has 0 unspecified atom stereocenters. The molecule has 1 aliphatic rings. The summed E-state index contributed by atoms with van der Waals surface area (Å²) in [5, 5.41) is 12.7. The average Bonchev–Trinajstić information content (AvgIpc) is 2.73. The molecule has 1 amide bonds. The fraction of sp³-hybridized carbons (Fsp3) is 0.476. The van der Waals surface area contributed by atoms with E-state index in [-0.39, 0.29) is 29.4 Å². The Morgan fingerprint density at radius 3 is 2.61 bits per heavy atom. The van der Waals surface area contributed by atoms with Gasteiger partial charge in [-0.15, -0.1) is 0 Å². The summed E-state index contributed by atoms with van der Waals surface area (Å²) in [6, 6.07) is 3.17. The molecule has 1 aromatic heterocycles. The van der Waals surface area contributed by atoms with Gasteiger partial charge in [0.15, 0.2) is 15.5 Å². The van der Waals surface area contributed by atoms with E-state index < -0.39 is 44.2 Å². The van der Waals surface area contributed by atoms with E-state index in [1.54, 1.807) is 0 Å². The first-order valence-electron chi connectivity index (χ1n) is 10.2. The van der Waals surface area contributed by atoms with Crippen LogP contribution in [-0.4, -0.2) is 55.6 Å². The molecule has 0 aliphatic heterocycles. The van der Waals surface area contributed by atoms with Crippen molar-refractivity contribution in [3.63, 3.8) is 0 Å². The Kier molecular flexibility index (Phi) is 7.20. The van der Waals surface area contributed by atoms with Crippen molar-refractivity contribution in [2.75, 3.05) is 26.6 Å². The van der Waals surface area contributed by atoms with Gasteiger partial charge in [-0.2, -0.15) is 0 Å². The maximum Gasteiger partial charge on any atom is 0.296 e. The molecule has 1 heterocycles. The number of halogens is 1. The molecule has 0 bridgehead atoms. The Labute approximate surface area is 190 Å². The summed E-state index contributed by atoms with van der Waals surface area (Å²) in [5.41, 5.74) is -2.05. The summed E-state index contributed by atoms with van der Waals surface area (Å²) in [5.74, 6) is -2.26.